The van der Waals surface area contributed by atoms with Crippen LogP contribution in [0.1, 0.15) is 17.6 Å². The summed E-state index contributed by atoms with van der Waals surface area (Å²) in [4.78, 5) is 24.9. The zero-order chi connectivity index (χ0) is 22.1. The standard InChI is InChI=1S/C20H19FN6O4/c1-22-17-13-18(26-12(25-17)8-5-10-3-6-11(21)7-4-10)27(9-24-13)20-15(29)14(28)16(31-20)19(30)23-2/h3-4,6-7,9,14-16,20,28-29H,1-2H3,(H,23,30)(H,22,25,26)/t14-,15+,16-,20+/m0/s1. The second-order valence-corrected chi connectivity index (χ2v) is 6.77. The molecular weight excluding hydrogens is 407 g/mol. The first-order valence-corrected chi connectivity index (χ1v) is 9.36. The monoisotopic (exact) mass is 426 g/mol. The van der Waals surface area contributed by atoms with E-state index in [4.69, 9.17) is 4.74 Å². The van der Waals surface area contributed by atoms with E-state index in [9.17, 15) is 19.4 Å². The maximum Gasteiger partial charge on any atom is 0.251 e. The van der Waals surface area contributed by atoms with E-state index in [1.165, 1.54) is 42.2 Å². The molecule has 0 radical (unpaired) electrons. The van der Waals surface area contributed by atoms with Crippen molar-refractivity contribution in [3.05, 3.63) is 47.8 Å². The van der Waals surface area contributed by atoms with Crippen LogP contribution in [0.15, 0.2) is 30.6 Å². The average molecular weight is 426 g/mol. The van der Waals surface area contributed by atoms with Crippen molar-refractivity contribution in [3.63, 3.8) is 0 Å². The highest BCUT2D eigenvalue weighted by molar-refractivity contribution is 5.84. The minimum Gasteiger partial charge on any atom is -0.387 e. The molecule has 0 bridgehead atoms. The van der Waals surface area contributed by atoms with Gasteiger partial charge in [-0.05, 0) is 30.2 Å². The number of aliphatic hydroxyl groups excluding tert-OH is 2. The molecule has 1 fully saturated rings. The number of amides is 1. The van der Waals surface area contributed by atoms with Crippen LogP contribution in [-0.4, -0.2) is 68.0 Å². The summed E-state index contributed by atoms with van der Waals surface area (Å²) in [5, 5.41) is 26.0. The lowest BCUT2D eigenvalue weighted by atomic mass is 10.1. The summed E-state index contributed by atoms with van der Waals surface area (Å²) in [6.07, 6.45) is -3.78. The van der Waals surface area contributed by atoms with E-state index in [0.29, 0.717) is 16.9 Å². The van der Waals surface area contributed by atoms with E-state index in [2.05, 4.69) is 37.4 Å². The van der Waals surface area contributed by atoms with Gasteiger partial charge in [-0.1, -0.05) is 5.92 Å². The van der Waals surface area contributed by atoms with Crippen molar-refractivity contribution < 1.29 is 24.1 Å². The first-order chi connectivity index (χ1) is 14.9. The number of nitrogens with zero attached hydrogens (tertiary/aromatic N) is 4. The first-order valence-electron chi connectivity index (χ1n) is 9.36. The lowest BCUT2D eigenvalue weighted by Gasteiger charge is -2.16. The van der Waals surface area contributed by atoms with Crippen molar-refractivity contribution in [1.29, 1.82) is 0 Å². The number of rotatable bonds is 3. The lowest BCUT2D eigenvalue weighted by Crippen LogP contribution is -2.41. The third kappa shape index (κ3) is 3.79. The maximum absolute atomic E-state index is 13.1. The zero-order valence-corrected chi connectivity index (χ0v) is 16.6. The number of imidazole rings is 1. The summed E-state index contributed by atoms with van der Waals surface area (Å²) in [5.74, 6) is 5.30. The number of anilines is 1. The summed E-state index contributed by atoms with van der Waals surface area (Å²) in [7, 11) is 3.06. The minimum atomic E-state index is -1.43. The number of fused-ring (bicyclic) bond motifs is 1. The third-order valence-electron chi connectivity index (χ3n) is 4.84. The quantitative estimate of drug-likeness (QED) is 0.422. The molecule has 4 N–H and O–H groups in total. The Bertz CT molecular complexity index is 1190. The van der Waals surface area contributed by atoms with Gasteiger partial charge in [-0.2, -0.15) is 0 Å². The Labute approximate surface area is 176 Å². The van der Waals surface area contributed by atoms with Crippen molar-refractivity contribution in [3.8, 4) is 11.8 Å². The number of hydrogen-bond acceptors (Lipinski definition) is 8. The molecular formula is C20H19FN6O4. The number of ether oxygens (including phenoxy) is 1. The normalized spacial score (nSPS) is 22.7. The van der Waals surface area contributed by atoms with Crippen molar-refractivity contribution in [2.75, 3.05) is 19.4 Å². The van der Waals surface area contributed by atoms with Gasteiger partial charge >= 0.3 is 0 Å². The first kappa shape index (κ1) is 20.7. The Kier molecular flexibility index (Phi) is 5.51. The number of likely N-dealkylation sites (N-methyl/N-ethyl adjacent to an activating group) is 1. The smallest absolute Gasteiger partial charge is 0.251 e. The lowest BCUT2D eigenvalue weighted by molar-refractivity contribution is -0.137. The number of aliphatic hydroxyl groups is 2. The van der Waals surface area contributed by atoms with Crippen LogP contribution in [0, 0.1) is 17.7 Å². The van der Waals surface area contributed by atoms with Crippen LogP contribution in [0.4, 0.5) is 10.2 Å². The number of nitrogens with one attached hydrogen (secondary N) is 2. The summed E-state index contributed by atoms with van der Waals surface area (Å²) in [6, 6.07) is 5.67. The molecule has 0 unspecified atom stereocenters. The Morgan fingerprint density at radius 2 is 1.90 bits per heavy atom. The molecule has 10 nitrogen and oxygen atoms in total. The van der Waals surface area contributed by atoms with Crippen LogP contribution >= 0.6 is 0 Å². The molecule has 1 saturated heterocycles. The molecule has 3 heterocycles. The highest BCUT2D eigenvalue weighted by Gasteiger charge is 2.47. The van der Waals surface area contributed by atoms with Gasteiger partial charge in [0.2, 0.25) is 5.82 Å². The number of halogens is 1. The Hall–Kier alpha value is -3.59. The van der Waals surface area contributed by atoms with Crippen LogP contribution in [0.2, 0.25) is 0 Å². The molecule has 1 aliphatic rings. The Morgan fingerprint density at radius 1 is 1.16 bits per heavy atom. The third-order valence-corrected chi connectivity index (χ3v) is 4.84. The molecule has 1 aliphatic heterocycles. The van der Waals surface area contributed by atoms with Gasteiger partial charge in [-0.15, -0.1) is 0 Å². The van der Waals surface area contributed by atoms with Crippen LogP contribution in [0.25, 0.3) is 11.2 Å². The van der Waals surface area contributed by atoms with Gasteiger partial charge in [0, 0.05) is 19.7 Å². The molecule has 11 heteroatoms. The number of aromatic nitrogens is 4. The molecule has 0 spiro atoms. The van der Waals surface area contributed by atoms with Gasteiger partial charge in [0.05, 0.1) is 6.33 Å². The fraction of sp³-hybridized carbons (Fsp3) is 0.300. The SMILES string of the molecule is CNC(=O)[C@H]1O[C@@H](n2cnc3c(NC)nc(C#Cc4ccc(F)cc4)nc32)[C@H](O)[C@@H]1O. The molecule has 160 valence electrons. The van der Waals surface area contributed by atoms with Crippen LogP contribution in [0.5, 0.6) is 0 Å². The number of carbonyl (C=O) groups excluding carboxylic acids is 1. The number of hydrogen-bond donors (Lipinski definition) is 4. The maximum atomic E-state index is 13.1. The van der Waals surface area contributed by atoms with E-state index in [1.54, 1.807) is 7.05 Å². The second-order valence-electron chi connectivity index (χ2n) is 6.77. The molecule has 1 amide bonds. The summed E-state index contributed by atoms with van der Waals surface area (Å²) in [5.41, 5.74) is 1.26. The van der Waals surface area contributed by atoms with Crippen molar-refractivity contribution in [1.82, 2.24) is 24.8 Å². The van der Waals surface area contributed by atoms with Gasteiger partial charge in [0.15, 0.2) is 29.3 Å². The van der Waals surface area contributed by atoms with Gasteiger partial charge in [0.25, 0.3) is 5.91 Å². The van der Waals surface area contributed by atoms with Crippen LogP contribution in [-0.2, 0) is 9.53 Å². The fourth-order valence-corrected chi connectivity index (χ4v) is 3.24. The predicted octanol–water partition coefficient (Wildman–Crippen LogP) is -0.228. The molecule has 1 aromatic carbocycles. The molecule has 3 aromatic rings. The van der Waals surface area contributed by atoms with Gasteiger partial charge in [-0.25, -0.2) is 19.3 Å². The molecule has 4 atom stereocenters. The largest absolute Gasteiger partial charge is 0.387 e. The molecule has 4 rings (SSSR count). The van der Waals surface area contributed by atoms with E-state index in [1.807, 2.05) is 0 Å². The number of benzene rings is 1. The van der Waals surface area contributed by atoms with Gasteiger partial charge in [0.1, 0.15) is 18.0 Å². The fourth-order valence-electron chi connectivity index (χ4n) is 3.24. The van der Waals surface area contributed by atoms with Crippen LogP contribution in [0.3, 0.4) is 0 Å². The molecule has 0 saturated carbocycles. The average Bonchev–Trinajstić information content (AvgIpc) is 3.33. The van der Waals surface area contributed by atoms with Crippen molar-refractivity contribution in [2.24, 2.45) is 0 Å². The topological polar surface area (TPSA) is 134 Å². The molecule has 0 aliphatic carbocycles. The minimum absolute atomic E-state index is 0.152. The van der Waals surface area contributed by atoms with Gasteiger partial charge < -0.3 is 25.6 Å². The van der Waals surface area contributed by atoms with E-state index in [-0.39, 0.29) is 17.3 Å². The molecule has 31 heavy (non-hydrogen) atoms. The Morgan fingerprint density at radius 3 is 2.58 bits per heavy atom. The predicted molar refractivity (Wildman–Crippen MR) is 107 cm³/mol. The van der Waals surface area contributed by atoms with Crippen molar-refractivity contribution in [2.45, 2.75) is 24.5 Å². The van der Waals surface area contributed by atoms with E-state index in [0.717, 1.165) is 0 Å². The van der Waals surface area contributed by atoms with E-state index >= 15 is 0 Å². The van der Waals surface area contributed by atoms with Gasteiger partial charge in [-0.3, -0.25) is 9.36 Å². The summed E-state index contributed by atoms with van der Waals surface area (Å²) < 4.78 is 20.1. The second kappa shape index (κ2) is 8.27. The van der Waals surface area contributed by atoms with Crippen LogP contribution < -0.4 is 10.6 Å². The van der Waals surface area contributed by atoms with Crippen molar-refractivity contribution >= 4 is 22.9 Å². The van der Waals surface area contributed by atoms with E-state index < -0.39 is 30.4 Å². The highest BCUT2D eigenvalue weighted by Crippen LogP contribution is 2.32. The number of carbonyl (C=O) groups is 1. The summed E-state index contributed by atoms with van der Waals surface area (Å²) >= 11 is 0. The molecule has 2 aromatic heterocycles. The Balaban J connectivity index is 1.74. The zero-order valence-electron chi connectivity index (χ0n) is 16.6. The summed E-state index contributed by atoms with van der Waals surface area (Å²) in [6.45, 7) is 0. The highest BCUT2D eigenvalue weighted by atomic mass is 19.1.